The van der Waals surface area contributed by atoms with Crippen molar-refractivity contribution < 1.29 is 9.59 Å². The van der Waals surface area contributed by atoms with Gasteiger partial charge in [0, 0.05) is 19.0 Å². The Balaban J connectivity index is 1.27. The molecule has 0 radical (unpaired) electrons. The normalized spacial score (nSPS) is 18.0. The number of piperidine rings is 1. The Bertz CT molecular complexity index is 1070. The molecular formula is C23H23N3O2S. The molecule has 0 bridgehead atoms. The first-order valence-electron chi connectivity index (χ1n) is 10.2. The highest BCUT2D eigenvalue weighted by Gasteiger charge is 2.37. The molecule has 5 rings (SSSR count). The Labute approximate surface area is 174 Å². The Morgan fingerprint density at radius 1 is 1.10 bits per heavy atom. The number of carbonyl (C=O) groups is 2. The van der Waals surface area contributed by atoms with Gasteiger partial charge >= 0.3 is 5.91 Å². The highest BCUT2D eigenvalue weighted by Crippen LogP contribution is 2.35. The van der Waals surface area contributed by atoms with Gasteiger partial charge in [-0.3, -0.25) is 19.4 Å². The molecule has 2 aliphatic heterocycles. The molecule has 3 heterocycles. The average molecular weight is 406 g/mol. The summed E-state index contributed by atoms with van der Waals surface area (Å²) in [5.41, 5.74) is 3.48. The van der Waals surface area contributed by atoms with E-state index < -0.39 is 5.91 Å². The molecule has 3 aromatic rings. The second-order valence-electron chi connectivity index (χ2n) is 7.82. The lowest BCUT2D eigenvalue weighted by Gasteiger charge is -2.33. The summed E-state index contributed by atoms with van der Waals surface area (Å²) in [7, 11) is 0. The van der Waals surface area contributed by atoms with E-state index in [1.165, 1.54) is 9.71 Å². The Morgan fingerprint density at radius 3 is 2.66 bits per heavy atom. The predicted molar refractivity (Wildman–Crippen MR) is 116 cm³/mol. The van der Waals surface area contributed by atoms with Gasteiger partial charge in [0.1, 0.15) is 0 Å². The van der Waals surface area contributed by atoms with Crippen LogP contribution < -0.4 is 4.90 Å². The number of likely N-dealkylation sites (tertiary alicyclic amines) is 1. The third-order valence-corrected chi connectivity index (χ3v) is 7.23. The Morgan fingerprint density at radius 2 is 1.90 bits per heavy atom. The first-order valence-corrected chi connectivity index (χ1v) is 11.0. The van der Waals surface area contributed by atoms with Crippen molar-refractivity contribution in [1.82, 2.24) is 9.88 Å². The number of fused-ring (bicyclic) bond motifs is 2. The van der Waals surface area contributed by atoms with Gasteiger partial charge in [-0.05, 0) is 49.1 Å². The number of thiazole rings is 1. The Kier molecular flexibility index (Phi) is 4.68. The van der Waals surface area contributed by atoms with Gasteiger partial charge < -0.3 is 0 Å². The summed E-state index contributed by atoms with van der Waals surface area (Å²) in [5.74, 6) is -0.305. The van der Waals surface area contributed by atoms with Crippen LogP contribution in [0.25, 0.3) is 10.2 Å². The van der Waals surface area contributed by atoms with Crippen molar-refractivity contribution >= 4 is 38.9 Å². The smallest absolute Gasteiger partial charge is 0.291 e. The quantitative estimate of drug-likeness (QED) is 0.610. The molecule has 148 valence electrons. The minimum absolute atomic E-state index is 0.375. The molecule has 0 N–H and O–H groups in total. The fourth-order valence-electron chi connectivity index (χ4n) is 4.29. The van der Waals surface area contributed by atoms with E-state index in [1.54, 1.807) is 16.2 Å². The number of benzene rings is 2. The molecule has 29 heavy (non-hydrogen) atoms. The van der Waals surface area contributed by atoms with E-state index in [9.17, 15) is 9.59 Å². The molecule has 1 aromatic heterocycles. The minimum atomic E-state index is -0.401. The molecule has 1 fully saturated rings. The van der Waals surface area contributed by atoms with Crippen molar-refractivity contribution in [3.05, 3.63) is 58.6 Å². The van der Waals surface area contributed by atoms with Crippen LogP contribution in [0.5, 0.6) is 0 Å². The van der Waals surface area contributed by atoms with Gasteiger partial charge in [-0.2, -0.15) is 0 Å². The van der Waals surface area contributed by atoms with Crippen LogP contribution >= 0.6 is 11.3 Å². The number of aryl methyl sites for hydroxylation is 1. The zero-order chi connectivity index (χ0) is 20.0. The maximum atomic E-state index is 12.6. The lowest BCUT2D eigenvalue weighted by molar-refractivity contribution is -0.114. The van der Waals surface area contributed by atoms with Crippen molar-refractivity contribution in [2.24, 2.45) is 0 Å². The van der Waals surface area contributed by atoms with Gasteiger partial charge in [-0.25, -0.2) is 4.98 Å². The van der Waals surface area contributed by atoms with E-state index in [1.807, 2.05) is 24.3 Å². The molecule has 2 aliphatic rings. The van der Waals surface area contributed by atoms with Crippen molar-refractivity contribution in [1.29, 1.82) is 0 Å². The Hall–Kier alpha value is -2.57. The summed E-state index contributed by atoms with van der Waals surface area (Å²) in [6, 6.07) is 14.1. The maximum absolute atomic E-state index is 12.6. The summed E-state index contributed by atoms with van der Waals surface area (Å²) >= 11 is 1.79. The highest BCUT2D eigenvalue weighted by atomic mass is 32.1. The number of para-hydroxylation sites is 1. The van der Waals surface area contributed by atoms with Gasteiger partial charge in [-0.15, -0.1) is 11.3 Å². The number of hydrogen-bond donors (Lipinski definition) is 0. The molecule has 0 atom stereocenters. The van der Waals surface area contributed by atoms with Crippen LogP contribution in [-0.2, 0) is 11.2 Å². The fourth-order valence-corrected chi connectivity index (χ4v) is 5.43. The molecule has 2 aromatic carbocycles. The molecule has 5 nitrogen and oxygen atoms in total. The van der Waals surface area contributed by atoms with Crippen LogP contribution in [0.3, 0.4) is 0 Å². The van der Waals surface area contributed by atoms with Gasteiger partial charge in [0.15, 0.2) is 0 Å². The highest BCUT2D eigenvalue weighted by molar-refractivity contribution is 7.18. The number of hydrogen-bond acceptors (Lipinski definition) is 5. The van der Waals surface area contributed by atoms with E-state index in [-0.39, 0.29) is 5.78 Å². The van der Waals surface area contributed by atoms with Gasteiger partial charge in [0.2, 0.25) is 0 Å². The molecule has 0 aliphatic carbocycles. The van der Waals surface area contributed by atoms with Crippen LogP contribution in [0.15, 0.2) is 42.5 Å². The number of anilines is 1. The number of nitrogens with zero attached hydrogens (tertiary/aromatic N) is 3. The van der Waals surface area contributed by atoms with Crippen LogP contribution in [0.2, 0.25) is 0 Å². The molecule has 0 spiro atoms. The number of rotatable bonds is 4. The molecular weight excluding hydrogens is 382 g/mol. The summed E-state index contributed by atoms with van der Waals surface area (Å²) < 4.78 is 1.24. The number of ketones is 1. The first-order chi connectivity index (χ1) is 14.1. The third kappa shape index (κ3) is 3.26. The number of carbonyl (C=O) groups excluding carboxylic acids is 2. The fraction of sp³-hybridized carbons (Fsp3) is 0.348. The predicted octanol–water partition coefficient (Wildman–Crippen LogP) is 4.23. The van der Waals surface area contributed by atoms with Gasteiger partial charge in [0.25, 0.3) is 5.78 Å². The van der Waals surface area contributed by atoms with Crippen LogP contribution in [0.4, 0.5) is 5.69 Å². The number of aromatic nitrogens is 1. The van der Waals surface area contributed by atoms with E-state index >= 15 is 0 Å². The number of Topliss-reactive ketones (excluding diaryl/α,β-unsaturated/α-hetero) is 1. The lowest BCUT2D eigenvalue weighted by atomic mass is 9.98. The molecule has 1 amide bonds. The molecule has 1 saturated heterocycles. The monoisotopic (exact) mass is 405 g/mol. The average Bonchev–Trinajstić information content (AvgIpc) is 3.29. The summed E-state index contributed by atoms with van der Waals surface area (Å²) in [4.78, 5) is 33.7. The standard InChI is InChI=1S/C23H23N3O2S/c1-2-15-7-8-19-17(13-15)21(27)23(28)26(19)14-25-11-9-16(10-12-25)22-24-18-5-3-4-6-20(18)29-22/h3-8,13,16H,2,9-12,14H2,1H3. The lowest BCUT2D eigenvalue weighted by Crippen LogP contribution is -2.44. The zero-order valence-electron chi connectivity index (χ0n) is 16.4. The SMILES string of the molecule is CCc1ccc2c(c1)C(=O)C(=O)N2CN1CCC(c2nc3ccccc3s2)CC1. The maximum Gasteiger partial charge on any atom is 0.300 e. The van der Waals surface area contributed by atoms with Crippen LogP contribution in [0.1, 0.15) is 46.6 Å². The molecule has 0 unspecified atom stereocenters. The minimum Gasteiger partial charge on any atom is -0.291 e. The van der Waals surface area contributed by atoms with Crippen molar-refractivity contribution in [2.75, 3.05) is 24.7 Å². The van der Waals surface area contributed by atoms with E-state index in [4.69, 9.17) is 4.98 Å². The second-order valence-corrected chi connectivity index (χ2v) is 8.88. The first kappa shape index (κ1) is 18.5. The molecule has 0 saturated carbocycles. The summed E-state index contributed by atoms with van der Waals surface area (Å²) in [6.07, 6.45) is 2.91. The van der Waals surface area contributed by atoms with Gasteiger partial charge in [0.05, 0.1) is 33.1 Å². The second kappa shape index (κ2) is 7.35. The summed E-state index contributed by atoms with van der Waals surface area (Å²) in [5, 5.41) is 1.22. The van der Waals surface area contributed by atoms with E-state index in [0.29, 0.717) is 18.2 Å². The van der Waals surface area contributed by atoms with Crippen LogP contribution in [-0.4, -0.2) is 41.3 Å². The van der Waals surface area contributed by atoms with Crippen LogP contribution in [0, 0.1) is 0 Å². The number of amides is 1. The molecule has 6 heteroatoms. The zero-order valence-corrected chi connectivity index (χ0v) is 17.2. The largest absolute Gasteiger partial charge is 0.300 e. The van der Waals surface area contributed by atoms with Crippen molar-refractivity contribution in [3.63, 3.8) is 0 Å². The summed E-state index contributed by atoms with van der Waals surface area (Å²) in [6.45, 7) is 4.34. The third-order valence-electron chi connectivity index (χ3n) is 6.03. The van der Waals surface area contributed by atoms with E-state index in [2.05, 4.69) is 30.0 Å². The van der Waals surface area contributed by atoms with Crippen molar-refractivity contribution in [3.8, 4) is 0 Å². The van der Waals surface area contributed by atoms with E-state index in [0.717, 1.165) is 49.1 Å². The van der Waals surface area contributed by atoms with Gasteiger partial charge in [-0.1, -0.05) is 25.1 Å². The van der Waals surface area contributed by atoms with Crippen molar-refractivity contribution in [2.45, 2.75) is 32.1 Å². The topological polar surface area (TPSA) is 53.5 Å².